The number of halogens is 2. The van der Waals surface area contributed by atoms with Crippen molar-refractivity contribution < 1.29 is 43.3 Å². The van der Waals surface area contributed by atoms with Crippen LogP contribution in [0.25, 0.3) is 0 Å². The maximum atomic E-state index is 2.35. The lowest BCUT2D eigenvalue weighted by atomic mass is 10.0. The third kappa shape index (κ3) is 9.65. The van der Waals surface area contributed by atoms with E-state index in [9.17, 15) is 0 Å². The van der Waals surface area contributed by atoms with Crippen molar-refractivity contribution in [3.8, 4) is 0 Å². The van der Waals surface area contributed by atoms with E-state index in [1.54, 1.807) is 0 Å². The molecule has 0 aliphatic heterocycles. The average molecular weight is 514 g/mol. The number of aromatic nitrogens is 2. The van der Waals surface area contributed by atoms with E-state index in [0.717, 1.165) is 0 Å². The molecule has 2 rings (SSSR count). The van der Waals surface area contributed by atoms with E-state index in [2.05, 4.69) is 72.1 Å². The summed E-state index contributed by atoms with van der Waals surface area (Å²) in [4.78, 5) is 0. The average Bonchev–Trinajstić information content (AvgIpc) is 2.69. The fraction of sp³-hybridized carbons (Fsp3) is 0.583. The van der Waals surface area contributed by atoms with Gasteiger partial charge in [0.15, 0.2) is 0 Å². The number of rotatable bonds is 13. The van der Waals surface area contributed by atoms with Gasteiger partial charge in [-0.1, -0.05) is 65.2 Å². The van der Waals surface area contributed by atoms with E-state index in [4.69, 9.17) is 0 Å². The Hall–Kier alpha value is -0.740. The van der Waals surface area contributed by atoms with Crippen molar-refractivity contribution in [2.75, 3.05) is 0 Å². The van der Waals surface area contributed by atoms with Crippen molar-refractivity contribution in [2.45, 2.75) is 90.9 Å². The molecule has 0 amide bonds. The molecule has 2 heterocycles. The zero-order valence-corrected chi connectivity index (χ0v) is 20.9. The van der Waals surface area contributed by atoms with Gasteiger partial charge in [-0.2, -0.15) is 0 Å². The van der Waals surface area contributed by atoms with Gasteiger partial charge in [0, 0.05) is 30.2 Å². The number of unbranched alkanes of at least 4 members (excludes halogenated alkanes) is 8. The Morgan fingerprint density at radius 1 is 0.607 bits per heavy atom. The van der Waals surface area contributed by atoms with Crippen LogP contribution in [0.2, 0.25) is 0 Å². The van der Waals surface area contributed by atoms with E-state index in [-0.39, 0.29) is 34.0 Å². The molecular formula is C24H38Br2N2. The van der Waals surface area contributed by atoms with E-state index < -0.39 is 0 Å². The van der Waals surface area contributed by atoms with Gasteiger partial charge in [-0.15, -0.1) is 0 Å². The van der Waals surface area contributed by atoms with Crippen LogP contribution < -0.4 is 43.3 Å². The molecular weight excluding hydrogens is 476 g/mol. The summed E-state index contributed by atoms with van der Waals surface area (Å²) in [5.41, 5.74) is 3.03. The zero-order valence-electron chi connectivity index (χ0n) is 17.8. The second-order valence-electron chi connectivity index (χ2n) is 7.41. The molecule has 0 aliphatic rings. The lowest BCUT2D eigenvalue weighted by Gasteiger charge is -2.06. The maximum absolute atomic E-state index is 2.35. The number of nitrogens with zero attached hydrogens (tertiary/aromatic N) is 2. The number of hydrogen-bond donors (Lipinski definition) is 0. The Labute approximate surface area is 193 Å². The van der Waals surface area contributed by atoms with Gasteiger partial charge in [-0.05, 0) is 31.4 Å². The SMILES string of the molecule is CCCCCCCc1ccc[n+](-[n+]2ccccc2)c1CCCCCCC.[Br-].[Br-]. The third-order valence-corrected chi connectivity index (χ3v) is 5.19. The fourth-order valence-electron chi connectivity index (χ4n) is 3.64. The second-order valence-corrected chi connectivity index (χ2v) is 7.41. The van der Waals surface area contributed by atoms with Crippen LogP contribution in [-0.4, -0.2) is 0 Å². The lowest BCUT2D eigenvalue weighted by Crippen LogP contribution is -3.00. The molecule has 0 spiro atoms. The number of pyridine rings is 2. The van der Waals surface area contributed by atoms with Gasteiger partial charge in [0.1, 0.15) is 0 Å². The Morgan fingerprint density at radius 2 is 1.18 bits per heavy atom. The van der Waals surface area contributed by atoms with Crippen molar-refractivity contribution in [3.05, 3.63) is 60.2 Å². The smallest absolute Gasteiger partial charge is 0.257 e. The summed E-state index contributed by atoms with van der Waals surface area (Å²) in [5, 5.41) is 0. The van der Waals surface area contributed by atoms with Crippen molar-refractivity contribution in [1.29, 1.82) is 0 Å². The summed E-state index contributed by atoms with van der Waals surface area (Å²) in [7, 11) is 0. The molecule has 0 atom stereocenters. The second kappa shape index (κ2) is 17.1. The predicted octanol–water partition coefficient (Wildman–Crippen LogP) is -0.393. The van der Waals surface area contributed by atoms with Crippen LogP contribution in [0.5, 0.6) is 0 Å². The first kappa shape index (κ1) is 27.3. The highest BCUT2D eigenvalue weighted by molar-refractivity contribution is 5.16. The van der Waals surface area contributed by atoms with Crippen molar-refractivity contribution >= 4 is 0 Å². The van der Waals surface area contributed by atoms with Crippen LogP contribution in [0.15, 0.2) is 48.9 Å². The fourth-order valence-corrected chi connectivity index (χ4v) is 3.64. The summed E-state index contributed by atoms with van der Waals surface area (Å²) in [6.45, 7) is 4.57. The zero-order chi connectivity index (χ0) is 18.5. The van der Waals surface area contributed by atoms with Crippen molar-refractivity contribution in [3.63, 3.8) is 0 Å². The monoisotopic (exact) mass is 512 g/mol. The van der Waals surface area contributed by atoms with Crippen LogP contribution >= 0.6 is 0 Å². The first-order valence-corrected chi connectivity index (χ1v) is 10.9. The normalized spacial score (nSPS) is 10.2. The molecule has 0 aromatic carbocycles. The highest BCUT2D eigenvalue weighted by Gasteiger charge is 2.22. The quantitative estimate of drug-likeness (QED) is 0.254. The van der Waals surface area contributed by atoms with Crippen LogP contribution in [0.1, 0.15) is 89.3 Å². The van der Waals surface area contributed by atoms with Crippen LogP contribution in [0, 0.1) is 0 Å². The van der Waals surface area contributed by atoms with E-state index in [0.29, 0.717) is 0 Å². The summed E-state index contributed by atoms with van der Waals surface area (Å²) < 4.78 is 4.56. The minimum absolute atomic E-state index is 0. The Kier molecular flexibility index (Phi) is 16.7. The van der Waals surface area contributed by atoms with Gasteiger partial charge in [0.05, 0.1) is 9.35 Å². The number of aryl methyl sites for hydroxylation is 1. The Bertz CT molecular complexity index is 617. The predicted molar refractivity (Wildman–Crippen MR) is 109 cm³/mol. The molecule has 0 N–H and O–H groups in total. The highest BCUT2D eigenvalue weighted by atomic mass is 79.9. The summed E-state index contributed by atoms with van der Waals surface area (Å²) in [5.74, 6) is 0. The molecule has 28 heavy (non-hydrogen) atoms. The molecule has 0 radical (unpaired) electrons. The van der Waals surface area contributed by atoms with Gasteiger partial charge in [-0.25, -0.2) is 0 Å². The topological polar surface area (TPSA) is 7.76 Å². The first-order valence-electron chi connectivity index (χ1n) is 10.9. The van der Waals surface area contributed by atoms with Crippen LogP contribution in [0.4, 0.5) is 0 Å². The minimum atomic E-state index is 0. The lowest BCUT2D eigenvalue weighted by molar-refractivity contribution is -1.30. The minimum Gasteiger partial charge on any atom is -1.00 e. The van der Waals surface area contributed by atoms with Gasteiger partial charge in [0.2, 0.25) is 18.6 Å². The molecule has 0 fully saturated rings. The van der Waals surface area contributed by atoms with Gasteiger partial charge in [-0.3, -0.25) is 0 Å². The molecule has 0 bridgehead atoms. The maximum Gasteiger partial charge on any atom is 0.257 e. The molecule has 2 aromatic heterocycles. The Balaban J connectivity index is 0.00000364. The third-order valence-electron chi connectivity index (χ3n) is 5.19. The van der Waals surface area contributed by atoms with E-state index in [1.807, 2.05) is 0 Å². The molecule has 4 heteroatoms. The van der Waals surface area contributed by atoms with Gasteiger partial charge >= 0.3 is 0 Å². The molecule has 2 aromatic rings. The van der Waals surface area contributed by atoms with E-state index >= 15 is 0 Å². The number of hydrogen-bond acceptors (Lipinski definition) is 0. The largest absolute Gasteiger partial charge is 1.00 e. The molecule has 0 saturated heterocycles. The van der Waals surface area contributed by atoms with Crippen molar-refractivity contribution in [2.24, 2.45) is 0 Å². The molecule has 0 aliphatic carbocycles. The van der Waals surface area contributed by atoms with Crippen LogP contribution in [-0.2, 0) is 12.8 Å². The first-order chi connectivity index (χ1) is 12.9. The standard InChI is InChI=1S/C24H38N2.2BrH/c1-3-5-7-9-12-17-23-18-16-22-26(25-20-14-11-15-21-25)24(23)19-13-10-8-6-4-2;;/h11,14-16,18,20-22H,3-10,12-13,17,19H2,1-2H3;2*1H/q+2;;/p-2. The van der Waals surface area contributed by atoms with Crippen LogP contribution in [0.3, 0.4) is 0 Å². The summed E-state index contributed by atoms with van der Waals surface area (Å²) in [6.07, 6.45) is 22.3. The van der Waals surface area contributed by atoms with E-state index in [1.165, 1.54) is 88.3 Å². The molecule has 0 saturated carbocycles. The Morgan fingerprint density at radius 3 is 1.79 bits per heavy atom. The summed E-state index contributed by atoms with van der Waals surface area (Å²) >= 11 is 0. The van der Waals surface area contributed by atoms with Crippen molar-refractivity contribution in [1.82, 2.24) is 0 Å². The molecule has 0 unspecified atom stereocenters. The molecule has 2 nitrogen and oxygen atoms in total. The molecule has 158 valence electrons. The highest BCUT2D eigenvalue weighted by Crippen LogP contribution is 2.14. The van der Waals surface area contributed by atoms with Gasteiger partial charge < -0.3 is 34.0 Å². The van der Waals surface area contributed by atoms with Gasteiger partial charge in [0.25, 0.3) is 5.69 Å². The summed E-state index contributed by atoms with van der Waals surface area (Å²) in [6, 6.07) is 10.9.